The summed E-state index contributed by atoms with van der Waals surface area (Å²) in [4.78, 5) is 9.77. The smallest absolute Gasteiger partial charge is 0.305 e. The predicted octanol–water partition coefficient (Wildman–Crippen LogP) is 3.26. The molecule has 0 aliphatic heterocycles. The van der Waals surface area contributed by atoms with E-state index in [4.69, 9.17) is 0 Å². The van der Waals surface area contributed by atoms with Crippen molar-refractivity contribution in [3.05, 3.63) is 51.8 Å². The molecule has 2 rings (SSSR count). The molecule has 1 heterocycles. The molecule has 0 aliphatic rings. The zero-order valence-corrected chi connectivity index (χ0v) is 11.5. The van der Waals surface area contributed by atoms with Gasteiger partial charge in [-0.3, -0.25) is 14.8 Å². The van der Waals surface area contributed by atoms with E-state index in [9.17, 15) is 18.9 Å². The highest BCUT2D eigenvalue weighted by Crippen LogP contribution is 2.22. The Morgan fingerprint density at radius 2 is 2.10 bits per heavy atom. The van der Waals surface area contributed by atoms with E-state index in [1.54, 1.807) is 17.1 Å². The third kappa shape index (κ3) is 3.33. The van der Waals surface area contributed by atoms with E-state index in [2.05, 4.69) is 10.4 Å². The number of hydrogen-bond acceptors (Lipinski definition) is 4. The SMILES string of the molecule is CC(C)n1cc(NCc2cc([N+](=O)[O-])c(F)cc2F)cn1. The summed E-state index contributed by atoms with van der Waals surface area (Å²) >= 11 is 0. The minimum Gasteiger partial charge on any atom is -0.378 e. The van der Waals surface area contributed by atoms with Crippen molar-refractivity contribution in [1.29, 1.82) is 0 Å². The van der Waals surface area contributed by atoms with Crippen molar-refractivity contribution in [3.63, 3.8) is 0 Å². The molecule has 0 aliphatic carbocycles. The van der Waals surface area contributed by atoms with Gasteiger partial charge in [0.05, 0.1) is 16.8 Å². The number of benzene rings is 1. The molecule has 0 saturated carbocycles. The van der Waals surface area contributed by atoms with Crippen molar-refractivity contribution in [2.75, 3.05) is 5.32 Å². The molecule has 0 bridgehead atoms. The first-order valence-electron chi connectivity index (χ1n) is 6.29. The summed E-state index contributed by atoms with van der Waals surface area (Å²) in [5.41, 5.74) is -0.0819. The molecule has 1 N–H and O–H groups in total. The zero-order valence-electron chi connectivity index (χ0n) is 11.5. The van der Waals surface area contributed by atoms with E-state index >= 15 is 0 Å². The third-order valence-corrected chi connectivity index (χ3v) is 2.93. The van der Waals surface area contributed by atoms with Crippen LogP contribution < -0.4 is 5.32 Å². The Balaban J connectivity index is 2.15. The van der Waals surface area contributed by atoms with Crippen molar-refractivity contribution in [2.24, 2.45) is 0 Å². The summed E-state index contributed by atoms with van der Waals surface area (Å²) in [5, 5.41) is 17.6. The molecule has 0 saturated heterocycles. The van der Waals surface area contributed by atoms with Crippen LogP contribution in [0.3, 0.4) is 0 Å². The lowest BCUT2D eigenvalue weighted by molar-refractivity contribution is -0.387. The molecule has 6 nitrogen and oxygen atoms in total. The van der Waals surface area contributed by atoms with Crippen LogP contribution in [0.15, 0.2) is 24.5 Å². The Bertz CT molecular complexity index is 670. The lowest BCUT2D eigenvalue weighted by Gasteiger charge is -2.06. The number of nitro benzene ring substituents is 1. The van der Waals surface area contributed by atoms with Gasteiger partial charge in [-0.1, -0.05) is 0 Å². The first-order chi connectivity index (χ1) is 9.88. The van der Waals surface area contributed by atoms with Gasteiger partial charge in [0.2, 0.25) is 5.82 Å². The molecule has 8 heteroatoms. The summed E-state index contributed by atoms with van der Waals surface area (Å²) in [6.07, 6.45) is 3.30. The number of nitrogens with zero attached hydrogens (tertiary/aromatic N) is 3. The number of hydrogen-bond donors (Lipinski definition) is 1. The molecule has 0 unspecified atom stereocenters. The zero-order chi connectivity index (χ0) is 15.6. The Morgan fingerprint density at radius 1 is 1.38 bits per heavy atom. The summed E-state index contributed by atoms with van der Waals surface area (Å²) in [7, 11) is 0. The van der Waals surface area contributed by atoms with Crippen LogP contribution in [-0.2, 0) is 6.54 Å². The summed E-state index contributed by atoms with van der Waals surface area (Å²) in [6.45, 7) is 3.91. The highest BCUT2D eigenvalue weighted by molar-refractivity contribution is 5.42. The Hall–Kier alpha value is -2.51. The van der Waals surface area contributed by atoms with Crippen LogP contribution in [0.25, 0.3) is 0 Å². The van der Waals surface area contributed by atoms with Crippen LogP contribution in [0, 0.1) is 21.7 Å². The summed E-state index contributed by atoms with van der Waals surface area (Å²) < 4.78 is 28.5. The largest absolute Gasteiger partial charge is 0.378 e. The van der Waals surface area contributed by atoms with Crippen LogP contribution in [0.5, 0.6) is 0 Å². The van der Waals surface area contributed by atoms with Gasteiger partial charge in [0.25, 0.3) is 0 Å². The van der Waals surface area contributed by atoms with E-state index in [-0.39, 0.29) is 18.2 Å². The van der Waals surface area contributed by atoms with Crippen LogP contribution in [0.2, 0.25) is 0 Å². The van der Waals surface area contributed by atoms with E-state index in [0.717, 1.165) is 6.07 Å². The number of aromatic nitrogens is 2. The van der Waals surface area contributed by atoms with Crippen molar-refractivity contribution < 1.29 is 13.7 Å². The molecule has 0 spiro atoms. The second kappa shape index (κ2) is 5.86. The topological polar surface area (TPSA) is 73.0 Å². The van der Waals surface area contributed by atoms with Crippen molar-refractivity contribution in [1.82, 2.24) is 9.78 Å². The molecular formula is C13H14F2N4O2. The van der Waals surface area contributed by atoms with Gasteiger partial charge >= 0.3 is 5.69 Å². The predicted molar refractivity (Wildman–Crippen MR) is 73.0 cm³/mol. The molecule has 0 fully saturated rings. The molecule has 1 aromatic carbocycles. The average molecular weight is 296 g/mol. The Kier molecular flexibility index (Phi) is 4.15. The number of nitro groups is 1. The van der Waals surface area contributed by atoms with Crippen molar-refractivity contribution in [2.45, 2.75) is 26.4 Å². The number of nitrogens with one attached hydrogen (secondary N) is 1. The van der Waals surface area contributed by atoms with E-state index < -0.39 is 22.2 Å². The molecule has 112 valence electrons. The molecule has 0 atom stereocenters. The standard InChI is InChI=1S/C13H14F2N4O2/c1-8(2)18-7-10(6-17-18)16-5-9-3-13(19(20)21)12(15)4-11(9)14/h3-4,6-8,16H,5H2,1-2H3. The first-order valence-corrected chi connectivity index (χ1v) is 6.29. The van der Waals surface area contributed by atoms with Crippen LogP contribution in [0.4, 0.5) is 20.2 Å². The molecule has 2 aromatic rings. The molecule has 21 heavy (non-hydrogen) atoms. The molecule has 0 amide bonds. The average Bonchev–Trinajstić information content (AvgIpc) is 2.86. The van der Waals surface area contributed by atoms with Crippen LogP contribution in [-0.4, -0.2) is 14.7 Å². The highest BCUT2D eigenvalue weighted by atomic mass is 19.1. The Labute approximate surface area is 119 Å². The van der Waals surface area contributed by atoms with Gasteiger partial charge in [-0.2, -0.15) is 9.49 Å². The minimum absolute atomic E-state index is 0.00323. The van der Waals surface area contributed by atoms with Gasteiger partial charge in [0.15, 0.2) is 0 Å². The minimum atomic E-state index is -1.19. The quantitative estimate of drug-likeness (QED) is 0.679. The maximum Gasteiger partial charge on any atom is 0.305 e. The maximum absolute atomic E-state index is 13.6. The fraction of sp³-hybridized carbons (Fsp3) is 0.308. The van der Waals surface area contributed by atoms with E-state index in [1.165, 1.54) is 0 Å². The summed E-state index contributed by atoms with van der Waals surface area (Å²) in [6, 6.07) is 1.60. The number of rotatable bonds is 5. The Morgan fingerprint density at radius 3 is 2.67 bits per heavy atom. The second-order valence-electron chi connectivity index (χ2n) is 4.81. The molecule has 0 radical (unpaired) electrons. The monoisotopic (exact) mass is 296 g/mol. The van der Waals surface area contributed by atoms with Crippen LogP contribution >= 0.6 is 0 Å². The number of anilines is 1. The number of halogens is 2. The van der Waals surface area contributed by atoms with Gasteiger partial charge in [-0.15, -0.1) is 0 Å². The maximum atomic E-state index is 13.6. The third-order valence-electron chi connectivity index (χ3n) is 2.93. The normalized spacial score (nSPS) is 10.9. The highest BCUT2D eigenvalue weighted by Gasteiger charge is 2.18. The molecule has 1 aromatic heterocycles. The summed E-state index contributed by atoms with van der Waals surface area (Å²) in [5.74, 6) is -2.02. The lowest BCUT2D eigenvalue weighted by atomic mass is 10.1. The van der Waals surface area contributed by atoms with Crippen molar-refractivity contribution in [3.8, 4) is 0 Å². The first kappa shape index (κ1) is 14.9. The van der Waals surface area contributed by atoms with Gasteiger partial charge in [-0.25, -0.2) is 4.39 Å². The lowest BCUT2D eigenvalue weighted by Crippen LogP contribution is -2.04. The van der Waals surface area contributed by atoms with Gasteiger partial charge in [-0.05, 0) is 13.8 Å². The van der Waals surface area contributed by atoms with Crippen LogP contribution in [0.1, 0.15) is 25.5 Å². The fourth-order valence-electron chi connectivity index (χ4n) is 1.77. The van der Waals surface area contributed by atoms with E-state index in [0.29, 0.717) is 11.8 Å². The van der Waals surface area contributed by atoms with Crippen molar-refractivity contribution >= 4 is 11.4 Å². The van der Waals surface area contributed by atoms with E-state index in [1.807, 2.05) is 13.8 Å². The second-order valence-corrected chi connectivity index (χ2v) is 4.81. The van der Waals surface area contributed by atoms with Gasteiger partial charge in [0.1, 0.15) is 5.82 Å². The van der Waals surface area contributed by atoms with Gasteiger partial charge in [0, 0.05) is 36.5 Å². The fourth-order valence-corrected chi connectivity index (χ4v) is 1.77. The van der Waals surface area contributed by atoms with Gasteiger partial charge < -0.3 is 5.32 Å². The molecular weight excluding hydrogens is 282 g/mol.